The van der Waals surface area contributed by atoms with Gasteiger partial charge in [0.1, 0.15) is 5.75 Å². The summed E-state index contributed by atoms with van der Waals surface area (Å²) in [5, 5.41) is 3.00. The van der Waals surface area contributed by atoms with Crippen molar-refractivity contribution < 1.29 is 9.53 Å². The van der Waals surface area contributed by atoms with E-state index in [1.807, 2.05) is 30.3 Å². The second kappa shape index (κ2) is 7.95. The zero-order valence-corrected chi connectivity index (χ0v) is 14.8. The molecule has 0 saturated heterocycles. The second-order valence-electron chi connectivity index (χ2n) is 6.56. The molecule has 6 nitrogen and oxygen atoms in total. The van der Waals surface area contributed by atoms with Gasteiger partial charge in [-0.1, -0.05) is 18.2 Å². The van der Waals surface area contributed by atoms with E-state index in [-0.39, 0.29) is 5.91 Å². The summed E-state index contributed by atoms with van der Waals surface area (Å²) in [6.45, 7) is 1.27. The van der Waals surface area contributed by atoms with Crippen molar-refractivity contribution in [1.29, 1.82) is 0 Å². The highest BCUT2D eigenvalue weighted by Crippen LogP contribution is 2.26. The first-order valence-corrected chi connectivity index (χ1v) is 9.01. The van der Waals surface area contributed by atoms with E-state index in [4.69, 9.17) is 4.74 Å². The van der Waals surface area contributed by atoms with E-state index in [0.29, 0.717) is 30.5 Å². The fraction of sp³-hybridized carbons (Fsp3) is 0.238. The van der Waals surface area contributed by atoms with Crippen molar-refractivity contribution in [3.63, 3.8) is 0 Å². The van der Waals surface area contributed by atoms with Crippen LogP contribution in [-0.4, -0.2) is 34.0 Å². The normalized spacial score (nSPS) is 15.9. The lowest BCUT2D eigenvalue weighted by Crippen LogP contribution is -2.30. The maximum Gasteiger partial charge on any atom is 0.254 e. The van der Waals surface area contributed by atoms with Crippen molar-refractivity contribution in [1.82, 2.24) is 20.3 Å². The number of hydrogen-bond donors (Lipinski definition) is 1. The number of aromatic nitrogens is 3. The van der Waals surface area contributed by atoms with Gasteiger partial charge in [0.05, 0.1) is 12.2 Å². The molecule has 4 rings (SSSR count). The molecular weight excluding hydrogens is 340 g/mol. The van der Waals surface area contributed by atoms with E-state index in [1.165, 1.54) is 5.56 Å². The molecule has 0 saturated carbocycles. The third-order valence-electron chi connectivity index (χ3n) is 4.67. The van der Waals surface area contributed by atoms with Gasteiger partial charge in [0.25, 0.3) is 5.91 Å². The first-order chi connectivity index (χ1) is 13.3. The van der Waals surface area contributed by atoms with E-state index in [0.717, 1.165) is 24.2 Å². The Balaban J connectivity index is 1.37. The third kappa shape index (κ3) is 4.11. The van der Waals surface area contributed by atoms with Crippen molar-refractivity contribution in [2.75, 3.05) is 13.2 Å². The Bertz CT molecular complexity index is 913. The number of benzene rings is 1. The SMILES string of the molecule is O=C(NC[C@@H]1CCOc2ccccc2C1)c1cnc(-c2ccncc2)nc1. The Kier molecular flexibility index (Phi) is 5.05. The summed E-state index contributed by atoms with van der Waals surface area (Å²) in [6, 6.07) is 11.8. The van der Waals surface area contributed by atoms with E-state index in [1.54, 1.807) is 24.8 Å². The van der Waals surface area contributed by atoms with Gasteiger partial charge in [-0.2, -0.15) is 0 Å². The van der Waals surface area contributed by atoms with Gasteiger partial charge in [0.15, 0.2) is 5.82 Å². The molecule has 136 valence electrons. The van der Waals surface area contributed by atoms with Gasteiger partial charge in [-0.15, -0.1) is 0 Å². The summed E-state index contributed by atoms with van der Waals surface area (Å²) in [5.41, 5.74) is 2.52. The Labute approximate surface area is 157 Å². The van der Waals surface area contributed by atoms with Gasteiger partial charge < -0.3 is 10.1 Å². The minimum absolute atomic E-state index is 0.158. The number of nitrogens with one attached hydrogen (secondary N) is 1. The molecule has 1 amide bonds. The predicted octanol–water partition coefficient (Wildman–Crippen LogP) is 2.91. The molecule has 0 radical (unpaired) electrons. The lowest BCUT2D eigenvalue weighted by atomic mass is 9.97. The number of ether oxygens (including phenoxy) is 1. The Morgan fingerprint density at radius 2 is 1.89 bits per heavy atom. The molecular formula is C21H20N4O2. The average molecular weight is 360 g/mol. The lowest BCUT2D eigenvalue weighted by Gasteiger charge is -2.14. The Morgan fingerprint density at radius 1 is 1.11 bits per heavy atom. The monoisotopic (exact) mass is 360 g/mol. The number of fused-ring (bicyclic) bond motifs is 1. The van der Waals surface area contributed by atoms with E-state index >= 15 is 0 Å². The molecule has 0 fully saturated rings. The summed E-state index contributed by atoms with van der Waals surface area (Å²) in [6.07, 6.45) is 8.30. The topological polar surface area (TPSA) is 77.0 Å². The van der Waals surface area contributed by atoms with Crippen LogP contribution in [0, 0.1) is 5.92 Å². The molecule has 3 aromatic rings. The van der Waals surface area contributed by atoms with Gasteiger partial charge in [0, 0.05) is 36.9 Å². The average Bonchev–Trinajstić information content (AvgIpc) is 2.95. The van der Waals surface area contributed by atoms with Crippen molar-refractivity contribution in [3.8, 4) is 17.1 Å². The third-order valence-corrected chi connectivity index (χ3v) is 4.67. The summed E-state index contributed by atoms with van der Waals surface area (Å²) in [4.78, 5) is 25.0. The van der Waals surface area contributed by atoms with Gasteiger partial charge in [-0.25, -0.2) is 9.97 Å². The lowest BCUT2D eigenvalue weighted by molar-refractivity contribution is 0.0944. The highest BCUT2D eigenvalue weighted by Gasteiger charge is 2.18. The fourth-order valence-corrected chi connectivity index (χ4v) is 3.17. The molecule has 1 aromatic carbocycles. The second-order valence-corrected chi connectivity index (χ2v) is 6.56. The number of hydrogen-bond acceptors (Lipinski definition) is 5. The Hall–Kier alpha value is -3.28. The van der Waals surface area contributed by atoms with Crippen LogP contribution >= 0.6 is 0 Å². The molecule has 1 aliphatic rings. The smallest absolute Gasteiger partial charge is 0.254 e. The number of carbonyl (C=O) groups is 1. The number of nitrogens with zero attached hydrogens (tertiary/aromatic N) is 3. The zero-order valence-electron chi connectivity index (χ0n) is 14.8. The summed E-state index contributed by atoms with van der Waals surface area (Å²) < 4.78 is 5.79. The van der Waals surface area contributed by atoms with Crippen LogP contribution in [0.2, 0.25) is 0 Å². The predicted molar refractivity (Wildman–Crippen MR) is 101 cm³/mol. The maximum absolute atomic E-state index is 12.4. The molecule has 0 bridgehead atoms. The zero-order chi connectivity index (χ0) is 18.5. The summed E-state index contributed by atoms with van der Waals surface area (Å²) in [5.74, 6) is 1.71. The van der Waals surface area contributed by atoms with Crippen molar-refractivity contribution in [2.24, 2.45) is 5.92 Å². The highest BCUT2D eigenvalue weighted by atomic mass is 16.5. The Morgan fingerprint density at radius 3 is 2.70 bits per heavy atom. The number of rotatable bonds is 4. The van der Waals surface area contributed by atoms with Crippen LogP contribution < -0.4 is 10.1 Å². The van der Waals surface area contributed by atoms with Crippen LogP contribution in [0.4, 0.5) is 0 Å². The summed E-state index contributed by atoms with van der Waals surface area (Å²) >= 11 is 0. The minimum atomic E-state index is -0.158. The van der Waals surface area contributed by atoms with Crippen LogP contribution in [0.3, 0.4) is 0 Å². The number of pyridine rings is 1. The van der Waals surface area contributed by atoms with Crippen molar-refractivity contribution in [3.05, 3.63) is 72.3 Å². The molecule has 0 spiro atoms. The number of amides is 1. The molecule has 0 unspecified atom stereocenters. The van der Waals surface area contributed by atoms with Crippen LogP contribution in [0.15, 0.2) is 61.2 Å². The van der Waals surface area contributed by atoms with E-state index in [9.17, 15) is 4.79 Å². The molecule has 3 heterocycles. The largest absolute Gasteiger partial charge is 0.493 e. The molecule has 1 aliphatic heterocycles. The quantitative estimate of drug-likeness (QED) is 0.774. The minimum Gasteiger partial charge on any atom is -0.493 e. The van der Waals surface area contributed by atoms with Crippen LogP contribution in [-0.2, 0) is 6.42 Å². The van der Waals surface area contributed by atoms with Crippen LogP contribution in [0.25, 0.3) is 11.4 Å². The van der Waals surface area contributed by atoms with Crippen LogP contribution in [0.5, 0.6) is 5.75 Å². The van der Waals surface area contributed by atoms with Gasteiger partial charge in [-0.3, -0.25) is 9.78 Å². The molecule has 27 heavy (non-hydrogen) atoms. The van der Waals surface area contributed by atoms with Crippen molar-refractivity contribution in [2.45, 2.75) is 12.8 Å². The van der Waals surface area contributed by atoms with Crippen LogP contribution in [0.1, 0.15) is 22.3 Å². The van der Waals surface area contributed by atoms with Gasteiger partial charge in [0.2, 0.25) is 0 Å². The number of para-hydroxylation sites is 1. The first-order valence-electron chi connectivity index (χ1n) is 9.01. The van der Waals surface area contributed by atoms with Gasteiger partial charge in [-0.05, 0) is 42.5 Å². The molecule has 1 atom stereocenters. The summed E-state index contributed by atoms with van der Waals surface area (Å²) in [7, 11) is 0. The van der Waals surface area contributed by atoms with Gasteiger partial charge >= 0.3 is 0 Å². The van der Waals surface area contributed by atoms with E-state index in [2.05, 4.69) is 26.3 Å². The first kappa shape index (κ1) is 17.1. The molecule has 0 aliphatic carbocycles. The van der Waals surface area contributed by atoms with Crippen molar-refractivity contribution >= 4 is 5.91 Å². The molecule has 2 aromatic heterocycles. The number of carbonyl (C=O) groups excluding carboxylic acids is 1. The van der Waals surface area contributed by atoms with E-state index < -0.39 is 0 Å². The fourth-order valence-electron chi connectivity index (χ4n) is 3.17. The maximum atomic E-state index is 12.4. The highest BCUT2D eigenvalue weighted by molar-refractivity contribution is 5.93. The molecule has 6 heteroatoms. The molecule has 1 N–H and O–H groups in total. The standard InChI is InChI=1S/C21H20N4O2/c26-21(18-13-23-20(24-14-18)16-5-8-22-9-6-16)25-12-15-7-10-27-19-4-2-1-3-17(19)11-15/h1-6,8-9,13-15H,7,10-12H2,(H,25,26)/t15-/m1/s1.